The van der Waals surface area contributed by atoms with Crippen molar-refractivity contribution in [2.45, 2.75) is 0 Å². The lowest BCUT2D eigenvalue weighted by Gasteiger charge is -2.03. The molecule has 0 saturated carbocycles. The fourth-order valence-electron chi connectivity index (χ4n) is 1.34. The molecule has 0 fully saturated rings. The van der Waals surface area contributed by atoms with E-state index in [4.69, 9.17) is 0 Å². The molecule has 1 amide bonds. The van der Waals surface area contributed by atoms with E-state index in [9.17, 15) is 4.79 Å². The normalized spacial score (nSPS) is 10.1. The zero-order valence-electron chi connectivity index (χ0n) is 8.40. The zero-order chi connectivity index (χ0) is 11.4. The van der Waals surface area contributed by atoms with Gasteiger partial charge in [-0.3, -0.25) is 9.89 Å². The van der Waals surface area contributed by atoms with Gasteiger partial charge in [-0.2, -0.15) is 5.10 Å². The average molecular weight is 280 g/mol. The number of carbonyl (C=O) groups excluding carboxylic acids is 1. The second-order valence-corrected chi connectivity index (χ2v) is 3.79. The van der Waals surface area contributed by atoms with Crippen molar-refractivity contribution in [3.8, 4) is 11.3 Å². The third-order valence-corrected chi connectivity index (χ3v) is 2.61. The van der Waals surface area contributed by atoms with Gasteiger partial charge in [0.15, 0.2) is 0 Å². The Bertz CT molecular complexity index is 464. The van der Waals surface area contributed by atoms with E-state index in [-0.39, 0.29) is 5.91 Å². The topological polar surface area (TPSA) is 57.8 Å². The lowest BCUT2D eigenvalue weighted by molar-refractivity contribution is -0.113. The molecular weight excluding hydrogens is 270 g/mol. The van der Waals surface area contributed by atoms with Crippen LogP contribution in [0.25, 0.3) is 11.3 Å². The smallest absolute Gasteiger partial charge is 0.235 e. The van der Waals surface area contributed by atoms with Crippen molar-refractivity contribution in [2.75, 3.05) is 10.6 Å². The van der Waals surface area contributed by atoms with Gasteiger partial charge in [0.2, 0.25) is 5.91 Å². The number of aromatic amines is 1. The average Bonchev–Trinajstić information content (AvgIpc) is 2.83. The number of H-pyrrole nitrogens is 1. The van der Waals surface area contributed by atoms with Gasteiger partial charge in [0.1, 0.15) is 0 Å². The van der Waals surface area contributed by atoms with E-state index in [1.807, 2.05) is 30.3 Å². The summed E-state index contributed by atoms with van der Waals surface area (Å²) in [4.78, 5) is 11.1. The van der Waals surface area contributed by atoms with E-state index in [0.717, 1.165) is 16.9 Å². The highest BCUT2D eigenvalue weighted by Crippen LogP contribution is 2.18. The fourth-order valence-corrected chi connectivity index (χ4v) is 1.48. The molecule has 82 valence electrons. The van der Waals surface area contributed by atoms with Gasteiger partial charge >= 0.3 is 0 Å². The molecule has 16 heavy (non-hydrogen) atoms. The fraction of sp³-hybridized carbons (Fsp3) is 0.0909. The highest BCUT2D eigenvalue weighted by atomic mass is 79.9. The number of benzene rings is 1. The first-order chi connectivity index (χ1) is 7.79. The van der Waals surface area contributed by atoms with Crippen LogP contribution < -0.4 is 5.32 Å². The molecule has 1 aromatic heterocycles. The van der Waals surface area contributed by atoms with E-state index < -0.39 is 0 Å². The van der Waals surface area contributed by atoms with E-state index in [1.165, 1.54) is 0 Å². The Hall–Kier alpha value is -1.62. The number of halogens is 1. The number of anilines is 1. The molecule has 2 rings (SSSR count). The van der Waals surface area contributed by atoms with Gasteiger partial charge in [0, 0.05) is 11.9 Å². The second kappa shape index (κ2) is 4.94. The lowest BCUT2D eigenvalue weighted by Crippen LogP contribution is -2.11. The second-order valence-electron chi connectivity index (χ2n) is 3.23. The van der Waals surface area contributed by atoms with Crippen LogP contribution in [-0.2, 0) is 4.79 Å². The standard InChI is InChI=1S/C11H10BrN3O/c12-7-11(16)14-9-3-1-8(2-4-9)10-5-6-13-15-10/h1-6H,7H2,(H,13,15)(H,14,16). The molecule has 0 atom stereocenters. The van der Waals surface area contributed by atoms with Crippen LogP contribution in [0.2, 0.25) is 0 Å². The number of nitrogens with zero attached hydrogens (tertiary/aromatic N) is 1. The Labute approximate surface area is 101 Å². The van der Waals surface area contributed by atoms with Crippen molar-refractivity contribution in [3.63, 3.8) is 0 Å². The minimum atomic E-state index is -0.0608. The molecule has 1 aromatic carbocycles. The van der Waals surface area contributed by atoms with Gasteiger partial charge < -0.3 is 5.32 Å². The van der Waals surface area contributed by atoms with Gasteiger partial charge in [-0.05, 0) is 23.8 Å². The predicted molar refractivity (Wildman–Crippen MR) is 66.4 cm³/mol. The first-order valence-corrected chi connectivity index (χ1v) is 5.87. The molecule has 0 unspecified atom stereocenters. The number of amides is 1. The summed E-state index contributed by atoms with van der Waals surface area (Å²) in [6, 6.07) is 9.47. The largest absolute Gasteiger partial charge is 0.325 e. The van der Waals surface area contributed by atoms with Gasteiger partial charge in [-0.15, -0.1) is 0 Å². The molecule has 0 aliphatic heterocycles. The number of nitrogens with one attached hydrogen (secondary N) is 2. The van der Waals surface area contributed by atoms with Crippen LogP contribution in [0.5, 0.6) is 0 Å². The molecular formula is C11H10BrN3O. The summed E-state index contributed by atoms with van der Waals surface area (Å²) in [5.74, 6) is -0.0608. The van der Waals surface area contributed by atoms with E-state index in [2.05, 4.69) is 31.4 Å². The molecule has 1 heterocycles. The molecule has 0 aliphatic carbocycles. The van der Waals surface area contributed by atoms with Gasteiger partial charge in [0.25, 0.3) is 0 Å². The molecule has 2 aromatic rings. The third kappa shape index (κ3) is 2.49. The number of aromatic nitrogens is 2. The quantitative estimate of drug-likeness (QED) is 0.848. The van der Waals surface area contributed by atoms with Crippen LogP contribution in [0.3, 0.4) is 0 Å². The number of carbonyl (C=O) groups is 1. The van der Waals surface area contributed by atoms with Gasteiger partial charge in [-0.25, -0.2) is 0 Å². The first kappa shape index (κ1) is 10.9. The number of rotatable bonds is 3. The molecule has 2 N–H and O–H groups in total. The third-order valence-electron chi connectivity index (χ3n) is 2.10. The molecule has 0 bridgehead atoms. The van der Waals surface area contributed by atoms with E-state index in [0.29, 0.717) is 5.33 Å². The highest BCUT2D eigenvalue weighted by molar-refractivity contribution is 9.09. The highest BCUT2D eigenvalue weighted by Gasteiger charge is 2.01. The van der Waals surface area contributed by atoms with Gasteiger partial charge in [0.05, 0.1) is 11.0 Å². The SMILES string of the molecule is O=C(CBr)Nc1ccc(-c2ccn[nH]2)cc1. The van der Waals surface area contributed by atoms with Crippen molar-refractivity contribution >= 4 is 27.5 Å². The van der Waals surface area contributed by atoms with Crippen molar-refractivity contribution in [1.82, 2.24) is 10.2 Å². The van der Waals surface area contributed by atoms with E-state index in [1.54, 1.807) is 6.20 Å². The van der Waals surface area contributed by atoms with Gasteiger partial charge in [-0.1, -0.05) is 28.1 Å². The molecule has 0 saturated heterocycles. The van der Waals surface area contributed by atoms with Crippen LogP contribution in [-0.4, -0.2) is 21.4 Å². The summed E-state index contributed by atoms with van der Waals surface area (Å²) in [6.07, 6.45) is 1.70. The van der Waals surface area contributed by atoms with Crippen LogP contribution in [0, 0.1) is 0 Å². The first-order valence-electron chi connectivity index (χ1n) is 4.75. The van der Waals surface area contributed by atoms with Crippen molar-refractivity contribution in [1.29, 1.82) is 0 Å². The van der Waals surface area contributed by atoms with Crippen LogP contribution >= 0.6 is 15.9 Å². The van der Waals surface area contributed by atoms with Crippen molar-refractivity contribution < 1.29 is 4.79 Å². The monoisotopic (exact) mass is 279 g/mol. The van der Waals surface area contributed by atoms with Crippen LogP contribution in [0.1, 0.15) is 0 Å². The summed E-state index contributed by atoms with van der Waals surface area (Å²) in [5, 5.41) is 9.82. The summed E-state index contributed by atoms with van der Waals surface area (Å²) in [7, 11) is 0. The molecule has 0 aliphatic rings. The predicted octanol–water partition coefficient (Wildman–Crippen LogP) is 2.41. The summed E-state index contributed by atoms with van der Waals surface area (Å²) < 4.78 is 0. The Morgan fingerprint density at radius 1 is 1.31 bits per heavy atom. The Morgan fingerprint density at radius 3 is 2.62 bits per heavy atom. The summed E-state index contributed by atoms with van der Waals surface area (Å²) in [6.45, 7) is 0. The minimum absolute atomic E-state index is 0.0608. The number of alkyl halides is 1. The maximum Gasteiger partial charge on any atom is 0.235 e. The Morgan fingerprint density at radius 2 is 2.06 bits per heavy atom. The maximum absolute atomic E-state index is 11.1. The maximum atomic E-state index is 11.1. The number of hydrogen-bond donors (Lipinski definition) is 2. The van der Waals surface area contributed by atoms with Crippen LogP contribution in [0.4, 0.5) is 5.69 Å². The van der Waals surface area contributed by atoms with E-state index >= 15 is 0 Å². The van der Waals surface area contributed by atoms with Crippen molar-refractivity contribution in [3.05, 3.63) is 36.5 Å². The number of hydrogen-bond acceptors (Lipinski definition) is 2. The van der Waals surface area contributed by atoms with Crippen molar-refractivity contribution in [2.24, 2.45) is 0 Å². The molecule has 0 radical (unpaired) electrons. The molecule has 5 heteroatoms. The Balaban J connectivity index is 2.14. The minimum Gasteiger partial charge on any atom is -0.325 e. The zero-order valence-corrected chi connectivity index (χ0v) is 9.99. The molecule has 4 nitrogen and oxygen atoms in total. The molecule has 0 spiro atoms. The van der Waals surface area contributed by atoms with Crippen LogP contribution in [0.15, 0.2) is 36.5 Å². The lowest BCUT2D eigenvalue weighted by atomic mass is 10.1. The Kier molecular flexibility index (Phi) is 3.36. The summed E-state index contributed by atoms with van der Waals surface area (Å²) in [5.41, 5.74) is 2.78. The summed E-state index contributed by atoms with van der Waals surface area (Å²) >= 11 is 3.09.